The van der Waals surface area contributed by atoms with Crippen molar-refractivity contribution in [1.82, 2.24) is 15.6 Å². The number of aromatic nitrogens is 1. The fraction of sp³-hybridized carbons (Fsp3) is 0.455. The van der Waals surface area contributed by atoms with Gasteiger partial charge in [0.15, 0.2) is 5.96 Å². The molecular formula is C22H32IN5O2. The first-order valence-electron chi connectivity index (χ1n) is 10.3. The van der Waals surface area contributed by atoms with Crippen LogP contribution in [0.2, 0.25) is 0 Å². The number of ether oxygens (including phenoxy) is 2. The van der Waals surface area contributed by atoms with E-state index in [4.69, 9.17) is 9.47 Å². The Morgan fingerprint density at radius 3 is 2.90 bits per heavy atom. The van der Waals surface area contributed by atoms with Gasteiger partial charge in [-0.3, -0.25) is 4.98 Å². The molecule has 1 unspecified atom stereocenters. The van der Waals surface area contributed by atoms with E-state index in [1.54, 1.807) is 19.5 Å². The summed E-state index contributed by atoms with van der Waals surface area (Å²) >= 11 is 0. The average molecular weight is 525 g/mol. The van der Waals surface area contributed by atoms with Crippen molar-refractivity contribution in [2.45, 2.75) is 25.8 Å². The third-order valence-corrected chi connectivity index (χ3v) is 4.80. The highest BCUT2D eigenvalue weighted by molar-refractivity contribution is 14.0. The van der Waals surface area contributed by atoms with Crippen LogP contribution in [-0.2, 0) is 0 Å². The Balaban J connectivity index is 0.00000320. The lowest BCUT2D eigenvalue weighted by molar-refractivity contribution is 0.327. The number of guanidine groups is 1. The Kier molecular flexibility index (Phi) is 10.5. The number of anilines is 1. The summed E-state index contributed by atoms with van der Waals surface area (Å²) in [5.74, 6) is 2.51. The van der Waals surface area contributed by atoms with E-state index in [1.807, 2.05) is 24.3 Å². The Hall–Kier alpha value is -2.23. The Bertz CT molecular complexity index is 775. The minimum absolute atomic E-state index is 0. The lowest BCUT2D eigenvalue weighted by atomic mass is 10.0. The van der Waals surface area contributed by atoms with Crippen LogP contribution in [0.3, 0.4) is 0 Å². The molecule has 0 spiro atoms. The van der Waals surface area contributed by atoms with Crippen molar-refractivity contribution >= 4 is 35.6 Å². The van der Waals surface area contributed by atoms with Crippen molar-refractivity contribution in [1.29, 1.82) is 0 Å². The number of para-hydroxylation sites is 2. The molecule has 0 radical (unpaired) electrons. The zero-order valence-corrected chi connectivity index (χ0v) is 20.0. The van der Waals surface area contributed by atoms with Crippen molar-refractivity contribution < 1.29 is 9.47 Å². The molecule has 1 saturated heterocycles. The highest BCUT2D eigenvalue weighted by Gasteiger charge is 2.22. The van der Waals surface area contributed by atoms with E-state index >= 15 is 0 Å². The van der Waals surface area contributed by atoms with Gasteiger partial charge < -0.3 is 25.0 Å². The van der Waals surface area contributed by atoms with Gasteiger partial charge in [-0.25, -0.2) is 4.99 Å². The number of methoxy groups -OCH3 is 1. The molecule has 0 saturated carbocycles. The Morgan fingerprint density at radius 2 is 2.13 bits per heavy atom. The smallest absolute Gasteiger partial charge is 0.191 e. The zero-order chi connectivity index (χ0) is 20.3. The molecule has 1 aromatic carbocycles. The lowest BCUT2D eigenvalue weighted by Gasteiger charge is -2.36. The maximum atomic E-state index is 5.68. The van der Waals surface area contributed by atoms with Crippen molar-refractivity contribution in [3.05, 3.63) is 48.8 Å². The van der Waals surface area contributed by atoms with E-state index < -0.39 is 0 Å². The number of piperidine rings is 1. The van der Waals surface area contributed by atoms with Crippen LogP contribution in [0.5, 0.6) is 11.5 Å². The van der Waals surface area contributed by atoms with E-state index in [-0.39, 0.29) is 24.0 Å². The summed E-state index contributed by atoms with van der Waals surface area (Å²) in [5.41, 5.74) is 1.15. The second-order valence-corrected chi connectivity index (χ2v) is 6.90. The van der Waals surface area contributed by atoms with Crippen LogP contribution >= 0.6 is 24.0 Å². The number of benzene rings is 1. The molecule has 30 heavy (non-hydrogen) atoms. The van der Waals surface area contributed by atoms with Gasteiger partial charge in [-0.1, -0.05) is 12.1 Å². The fourth-order valence-electron chi connectivity index (χ4n) is 3.47. The van der Waals surface area contributed by atoms with Gasteiger partial charge in [-0.2, -0.15) is 0 Å². The number of hydrogen-bond acceptors (Lipinski definition) is 5. The minimum atomic E-state index is 0. The molecule has 7 nitrogen and oxygen atoms in total. The van der Waals surface area contributed by atoms with E-state index in [0.717, 1.165) is 55.6 Å². The maximum absolute atomic E-state index is 5.68. The molecule has 0 bridgehead atoms. The molecular weight excluding hydrogens is 493 g/mol. The number of rotatable bonds is 8. The van der Waals surface area contributed by atoms with Gasteiger partial charge in [0.25, 0.3) is 0 Å². The largest absolute Gasteiger partial charge is 0.495 e. The molecule has 1 aliphatic rings. The zero-order valence-electron chi connectivity index (χ0n) is 17.7. The predicted octanol–water partition coefficient (Wildman–Crippen LogP) is 3.31. The molecule has 1 atom stereocenters. The molecule has 0 amide bonds. The second-order valence-electron chi connectivity index (χ2n) is 6.90. The van der Waals surface area contributed by atoms with Crippen LogP contribution < -0.4 is 25.0 Å². The maximum Gasteiger partial charge on any atom is 0.191 e. The van der Waals surface area contributed by atoms with E-state index in [2.05, 4.69) is 44.6 Å². The Morgan fingerprint density at radius 1 is 1.27 bits per heavy atom. The molecule has 2 N–H and O–H groups in total. The lowest BCUT2D eigenvalue weighted by Crippen LogP contribution is -2.51. The number of nitrogens with zero attached hydrogens (tertiary/aromatic N) is 3. The van der Waals surface area contributed by atoms with Gasteiger partial charge in [-0.05, 0) is 44.0 Å². The molecule has 1 aromatic heterocycles. The summed E-state index contributed by atoms with van der Waals surface area (Å²) < 4.78 is 11.2. The molecule has 2 heterocycles. The molecule has 164 valence electrons. The summed E-state index contributed by atoms with van der Waals surface area (Å²) in [7, 11) is 1.72. The van der Waals surface area contributed by atoms with Crippen molar-refractivity contribution in [3.8, 4) is 11.5 Å². The van der Waals surface area contributed by atoms with Gasteiger partial charge in [0.2, 0.25) is 0 Å². The van der Waals surface area contributed by atoms with E-state index in [0.29, 0.717) is 19.2 Å². The number of nitrogens with one attached hydrogen (secondary N) is 2. The SMILES string of the molecule is CCNC(=NCCOc1cccnc1)NC1CCCN(c2ccccc2OC)C1.I. The normalized spacial score (nSPS) is 16.4. The van der Waals surface area contributed by atoms with Gasteiger partial charge >= 0.3 is 0 Å². The summed E-state index contributed by atoms with van der Waals surface area (Å²) in [6.07, 6.45) is 5.68. The molecule has 8 heteroatoms. The molecule has 3 rings (SSSR count). The third-order valence-electron chi connectivity index (χ3n) is 4.80. The highest BCUT2D eigenvalue weighted by atomic mass is 127. The first kappa shape index (κ1) is 24.0. The Labute approximate surface area is 196 Å². The summed E-state index contributed by atoms with van der Waals surface area (Å²) in [4.78, 5) is 11.1. The summed E-state index contributed by atoms with van der Waals surface area (Å²) in [6.45, 7) is 5.93. The summed E-state index contributed by atoms with van der Waals surface area (Å²) in [6, 6.07) is 12.3. The average Bonchev–Trinajstić information content (AvgIpc) is 2.77. The van der Waals surface area contributed by atoms with E-state index in [9.17, 15) is 0 Å². The van der Waals surface area contributed by atoms with Crippen LogP contribution in [0.1, 0.15) is 19.8 Å². The van der Waals surface area contributed by atoms with Gasteiger partial charge in [0.05, 0.1) is 25.5 Å². The minimum Gasteiger partial charge on any atom is -0.495 e. The third kappa shape index (κ3) is 7.23. The molecule has 1 aliphatic heterocycles. The van der Waals surface area contributed by atoms with Gasteiger partial charge in [-0.15, -0.1) is 24.0 Å². The van der Waals surface area contributed by atoms with Gasteiger partial charge in [0.1, 0.15) is 18.1 Å². The van der Waals surface area contributed by atoms with Crippen molar-refractivity contribution in [2.24, 2.45) is 4.99 Å². The fourth-order valence-corrected chi connectivity index (χ4v) is 3.47. The first-order valence-corrected chi connectivity index (χ1v) is 10.3. The topological polar surface area (TPSA) is 71.0 Å². The van der Waals surface area contributed by atoms with Crippen LogP contribution in [0.4, 0.5) is 5.69 Å². The van der Waals surface area contributed by atoms with Crippen LogP contribution in [0.15, 0.2) is 53.8 Å². The van der Waals surface area contributed by atoms with E-state index in [1.165, 1.54) is 0 Å². The monoisotopic (exact) mass is 525 g/mol. The quantitative estimate of drug-likeness (QED) is 0.239. The number of halogens is 1. The second kappa shape index (κ2) is 13.1. The standard InChI is InChI=1S/C22H31N5O2.HI/c1-3-24-22(25-13-15-29-19-9-6-12-23-16-19)26-18-8-7-14-27(17-18)20-10-4-5-11-21(20)28-2;/h4-6,9-12,16,18H,3,7-8,13-15,17H2,1-2H3,(H2,24,25,26);1H. The van der Waals surface area contributed by atoms with Crippen LogP contribution in [0, 0.1) is 0 Å². The predicted molar refractivity (Wildman–Crippen MR) is 132 cm³/mol. The molecule has 1 fully saturated rings. The summed E-state index contributed by atoms with van der Waals surface area (Å²) in [5, 5.41) is 6.91. The number of pyridine rings is 1. The number of aliphatic imine (C=N–C) groups is 1. The first-order chi connectivity index (χ1) is 14.3. The van der Waals surface area contributed by atoms with Crippen molar-refractivity contribution in [2.75, 3.05) is 44.8 Å². The highest BCUT2D eigenvalue weighted by Crippen LogP contribution is 2.29. The molecule has 2 aromatic rings. The van der Waals surface area contributed by atoms with Crippen LogP contribution in [0.25, 0.3) is 0 Å². The van der Waals surface area contributed by atoms with Gasteiger partial charge in [0, 0.05) is 31.9 Å². The van der Waals surface area contributed by atoms with Crippen molar-refractivity contribution in [3.63, 3.8) is 0 Å². The molecule has 0 aliphatic carbocycles. The van der Waals surface area contributed by atoms with Crippen LogP contribution in [-0.4, -0.2) is 56.9 Å². The number of hydrogen-bond donors (Lipinski definition) is 2.